The van der Waals surface area contributed by atoms with E-state index in [1.165, 1.54) is 0 Å². The SMILES string of the molecule is CSc1ncc(CNC(=O)C(C)N2CCN(C)CC2)n1C. The van der Waals surface area contributed by atoms with E-state index < -0.39 is 0 Å². The van der Waals surface area contributed by atoms with Gasteiger partial charge in [-0.3, -0.25) is 9.69 Å². The van der Waals surface area contributed by atoms with E-state index in [4.69, 9.17) is 0 Å². The highest BCUT2D eigenvalue weighted by Gasteiger charge is 2.24. The highest BCUT2D eigenvalue weighted by molar-refractivity contribution is 7.98. The van der Waals surface area contributed by atoms with E-state index in [1.807, 2.05) is 31.0 Å². The fourth-order valence-corrected chi connectivity index (χ4v) is 3.03. The van der Waals surface area contributed by atoms with Crippen LogP contribution in [0, 0.1) is 0 Å². The van der Waals surface area contributed by atoms with Crippen LogP contribution in [-0.2, 0) is 18.4 Å². The van der Waals surface area contributed by atoms with Crippen molar-refractivity contribution in [2.24, 2.45) is 7.05 Å². The molecule has 118 valence electrons. The fourth-order valence-electron chi connectivity index (χ4n) is 2.48. The molecule has 1 unspecified atom stereocenters. The number of amides is 1. The van der Waals surface area contributed by atoms with Gasteiger partial charge in [-0.25, -0.2) is 4.98 Å². The van der Waals surface area contributed by atoms with Crippen molar-refractivity contribution in [3.05, 3.63) is 11.9 Å². The summed E-state index contributed by atoms with van der Waals surface area (Å²) in [6.45, 7) is 6.46. The minimum atomic E-state index is -0.0769. The van der Waals surface area contributed by atoms with Gasteiger partial charge in [0.05, 0.1) is 24.5 Å². The van der Waals surface area contributed by atoms with Gasteiger partial charge in [-0.05, 0) is 20.2 Å². The van der Waals surface area contributed by atoms with Crippen LogP contribution in [0.1, 0.15) is 12.6 Å². The number of hydrogen-bond acceptors (Lipinski definition) is 5. The molecule has 2 rings (SSSR count). The Morgan fingerprint density at radius 3 is 2.62 bits per heavy atom. The second-order valence-electron chi connectivity index (χ2n) is 5.53. The maximum Gasteiger partial charge on any atom is 0.237 e. The predicted octanol–water partition coefficient (Wildman–Crippen LogP) is 0.394. The number of rotatable bonds is 5. The van der Waals surface area contributed by atoms with Crippen molar-refractivity contribution in [2.75, 3.05) is 39.5 Å². The molecule has 1 atom stereocenters. The first-order valence-corrected chi connectivity index (χ1v) is 8.50. The molecule has 21 heavy (non-hydrogen) atoms. The monoisotopic (exact) mass is 311 g/mol. The Kier molecular flexibility index (Phi) is 5.66. The van der Waals surface area contributed by atoms with Gasteiger partial charge in [0.1, 0.15) is 0 Å². The number of aromatic nitrogens is 2. The summed E-state index contributed by atoms with van der Waals surface area (Å²) in [7, 11) is 4.10. The molecule has 0 aromatic carbocycles. The third kappa shape index (κ3) is 3.99. The molecule has 0 radical (unpaired) electrons. The lowest BCUT2D eigenvalue weighted by Crippen LogP contribution is -2.52. The average molecular weight is 311 g/mol. The van der Waals surface area contributed by atoms with Crippen molar-refractivity contribution in [2.45, 2.75) is 24.7 Å². The molecule has 1 aliphatic rings. The van der Waals surface area contributed by atoms with Gasteiger partial charge in [-0.2, -0.15) is 0 Å². The number of imidazole rings is 1. The second-order valence-corrected chi connectivity index (χ2v) is 6.30. The van der Waals surface area contributed by atoms with Crippen LogP contribution in [0.25, 0.3) is 0 Å². The van der Waals surface area contributed by atoms with E-state index in [2.05, 4.69) is 27.1 Å². The number of piperazine rings is 1. The lowest BCUT2D eigenvalue weighted by Gasteiger charge is -2.35. The van der Waals surface area contributed by atoms with Gasteiger partial charge in [-0.1, -0.05) is 11.8 Å². The van der Waals surface area contributed by atoms with E-state index in [9.17, 15) is 4.79 Å². The van der Waals surface area contributed by atoms with Crippen LogP contribution in [0.4, 0.5) is 0 Å². The average Bonchev–Trinajstić information content (AvgIpc) is 2.85. The molecule has 1 fully saturated rings. The highest BCUT2D eigenvalue weighted by atomic mass is 32.2. The molecular weight excluding hydrogens is 286 g/mol. The van der Waals surface area contributed by atoms with E-state index in [0.717, 1.165) is 37.0 Å². The van der Waals surface area contributed by atoms with Crippen LogP contribution in [0.2, 0.25) is 0 Å². The largest absolute Gasteiger partial charge is 0.349 e. The van der Waals surface area contributed by atoms with E-state index in [0.29, 0.717) is 6.54 Å². The number of carbonyl (C=O) groups excluding carboxylic acids is 1. The second kappa shape index (κ2) is 7.29. The van der Waals surface area contributed by atoms with Crippen molar-refractivity contribution in [1.29, 1.82) is 0 Å². The molecule has 1 amide bonds. The maximum atomic E-state index is 12.3. The standard InChI is InChI=1S/C14H25N5OS/c1-11(19-7-5-17(2)6-8-19)13(20)15-9-12-10-16-14(21-4)18(12)3/h10-11H,5-9H2,1-4H3,(H,15,20). The lowest BCUT2D eigenvalue weighted by atomic mass is 10.2. The molecule has 0 aliphatic carbocycles. The van der Waals surface area contributed by atoms with Crippen molar-refractivity contribution in [3.8, 4) is 0 Å². The summed E-state index contributed by atoms with van der Waals surface area (Å²) in [6.07, 6.45) is 3.83. The molecule has 7 heteroatoms. The van der Waals surface area contributed by atoms with Gasteiger partial charge in [0.15, 0.2) is 5.16 Å². The molecule has 1 aliphatic heterocycles. The third-order valence-electron chi connectivity index (χ3n) is 4.13. The van der Waals surface area contributed by atoms with Crippen molar-refractivity contribution in [1.82, 2.24) is 24.7 Å². The normalized spacial score (nSPS) is 18.7. The molecule has 0 bridgehead atoms. The summed E-state index contributed by atoms with van der Waals surface area (Å²) in [4.78, 5) is 21.1. The maximum absolute atomic E-state index is 12.3. The Morgan fingerprint density at radius 1 is 1.38 bits per heavy atom. The molecule has 1 saturated heterocycles. The number of likely N-dealkylation sites (N-methyl/N-ethyl adjacent to an activating group) is 1. The van der Waals surface area contributed by atoms with Gasteiger partial charge in [0, 0.05) is 33.2 Å². The summed E-state index contributed by atoms with van der Waals surface area (Å²) < 4.78 is 2.02. The Balaban J connectivity index is 1.84. The van der Waals surface area contributed by atoms with Gasteiger partial charge >= 0.3 is 0 Å². The van der Waals surface area contributed by atoms with Crippen LogP contribution in [-0.4, -0.2) is 70.8 Å². The van der Waals surface area contributed by atoms with Crippen molar-refractivity contribution in [3.63, 3.8) is 0 Å². The lowest BCUT2D eigenvalue weighted by molar-refractivity contribution is -0.126. The van der Waals surface area contributed by atoms with Crippen LogP contribution < -0.4 is 5.32 Å². The smallest absolute Gasteiger partial charge is 0.237 e. The Hall–Kier alpha value is -1.05. The zero-order chi connectivity index (χ0) is 15.4. The molecule has 6 nitrogen and oxygen atoms in total. The van der Waals surface area contributed by atoms with Crippen LogP contribution >= 0.6 is 11.8 Å². The molecule has 0 saturated carbocycles. The van der Waals surface area contributed by atoms with E-state index in [-0.39, 0.29) is 11.9 Å². The summed E-state index contributed by atoms with van der Waals surface area (Å²) in [5, 5.41) is 3.99. The Morgan fingerprint density at radius 2 is 2.05 bits per heavy atom. The molecular formula is C14H25N5OS. The third-order valence-corrected chi connectivity index (χ3v) is 4.88. The Bertz CT molecular complexity index is 482. The Labute approximate surface area is 130 Å². The quantitative estimate of drug-likeness (QED) is 0.798. The first-order chi connectivity index (χ1) is 10.0. The summed E-state index contributed by atoms with van der Waals surface area (Å²) in [5.41, 5.74) is 1.03. The van der Waals surface area contributed by atoms with E-state index in [1.54, 1.807) is 11.8 Å². The highest BCUT2D eigenvalue weighted by Crippen LogP contribution is 2.13. The van der Waals surface area contributed by atoms with Crippen LogP contribution in [0.15, 0.2) is 11.4 Å². The molecule has 1 aromatic heterocycles. The number of nitrogens with zero attached hydrogens (tertiary/aromatic N) is 4. The van der Waals surface area contributed by atoms with Crippen LogP contribution in [0.5, 0.6) is 0 Å². The van der Waals surface area contributed by atoms with Gasteiger partial charge < -0.3 is 14.8 Å². The molecule has 2 heterocycles. The minimum absolute atomic E-state index is 0.0769. The van der Waals surface area contributed by atoms with Gasteiger partial charge in [0.2, 0.25) is 5.91 Å². The van der Waals surface area contributed by atoms with Gasteiger partial charge in [0.25, 0.3) is 0 Å². The van der Waals surface area contributed by atoms with Crippen molar-refractivity contribution >= 4 is 17.7 Å². The van der Waals surface area contributed by atoms with Gasteiger partial charge in [-0.15, -0.1) is 0 Å². The number of thioether (sulfide) groups is 1. The summed E-state index contributed by atoms with van der Waals surface area (Å²) in [5.74, 6) is 0.0893. The zero-order valence-corrected chi connectivity index (χ0v) is 14.1. The number of hydrogen-bond donors (Lipinski definition) is 1. The first-order valence-electron chi connectivity index (χ1n) is 7.27. The topological polar surface area (TPSA) is 53.4 Å². The van der Waals surface area contributed by atoms with Crippen molar-refractivity contribution < 1.29 is 4.79 Å². The minimum Gasteiger partial charge on any atom is -0.349 e. The summed E-state index contributed by atoms with van der Waals surface area (Å²) >= 11 is 1.61. The predicted molar refractivity (Wildman–Crippen MR) is 85.4 cm³/mol. The van der Waals surface area contributed by atoms with Crippen LogP contribution in [0.3, 0.4) is 0 Å². The number of carbonyl (C=O) groups is 1. The molecule has 1 N–H and O–H groups in total. The molecule has 0 spiro atoms. The zero-order valence-electron chi connectivity index (χ0n) is 13.3. The summed E-state index contributed by atoms with van der Waals surface area (Å²) in [6, 6.07) is -0.0769. The first kappa shape index (κ1) is 16.3. The number of nitrogens with one attached hydrogen (secondary N) is 1. The van der Waals surface area contributed by atoms with E-state index >= 15 is 0 Å². The molecule has 1 aromatic rings. The fraction of sp³-hybridized carbons (Fsp3) is 0.714.